The van der Waals surface area contributed by atoms with Crippen molar-refractivity contribution in [3.05, 3.63) is 10.8 Å². The van der Waals surface area contributed by atoms with Gasteiger partial charge in [0.1, 0.15) is 22.4 Å². The van der Waals surface area contributed by atoms with E-state index in [1.165, 1.54) is 25.9 Å². The zero-order valence-corrected chi connectivity index (χ0v) is 14.9. The lowest BCUT2D eigenvalue weighted by molar-refractivity contribution is 0.222. The number of anilines is 2. The highest BCUT2D eigenvalue weighted by Gasteiger charge is 2.20. The first kappa shape index (κ1) is 16.5. The molecule has 1 aromatic heterocycles. The first-order valence-electron chi connectivity index (χ1n) is 7.75. The number of aromatic nitrogens is 2. The number of hydrogen-bond acceptors (Lipinski definition) is 5. The molecule has 0 spiro atoms. The molecule has 0 amide bonds. The van der Waals surface area contributed by atoms with E-state index in [9.17, 15) is 0 Å². The van der Waals surface area contributed by atoms with Crippen molar-refractivity contribution in [3.8, 4) is 0 Å². The average Bonchev–Trinajstić information content (AvgIpc) is 2.48. The summed E-state index contributed by atoms with van der Waals surface area (Å²) < 4.78 is 0.967. The smallest absolute Gasteiger partial charge is 0.148 e. The van der Waals surface area contributed by atoms with Crippen LogP contribution in [0.4, 0.5) is 11.6 Å². The Morgan fingerprint density at radius 3 is 2.76 bits per heavy atom. The van der Waals surface area contributed by atoms with E-state index in [1.807, 2.05) is 0 Å². The van der Waals surface area contributed by atoms with E-state index in [1.54, 1.807) is 6.33 Å². The van der Waals surface area contributed by atoms with Gasteiger partial charge in [-0.25, -0.2) is 9.97 Å². The SMILES string of the molecule is CCCNc1ncnc(N(C)CC2CCN(C)CC2)c1Br. The summed E-state index contributed by atoms with van der Waals surface area (Å²) in [5.74, 6) is 2.61. The van der Waals surface area contributed by atoms with Crippen LogP contribution in [0.15, 0.2) is 10.8 Å². The molecule has 6 heteroatoms. The molecule has 1 saturated heterocycles. The summed E-state index contributed by atoms with van der Waals surface area (Å²) in [6.07, 6.45) is 5.26. The van der Waals surface area contributed by atoms with Crippen molar-refractivity contribution in [3.63, 3.8) is 0 Å². The zero-order chi connectivity index (χ0) is 15.2. The lowest BCUT2D eigenvalue weighted by atomic mass is 9.97. The van der Waals surface area contributed by atoms with Crippen LogP contribution in [0.2, 0.25) is 0 Å². The number of halogens is 1. The van der Waals surface area contributed by atoms with Crippen molar-refractivity contribution in [2.45, 2.75) is 26.2 Å². The molecule has 0 aromatic carbocycles. The van der Waals surface area contributed by atoms with Gasteiger partial charge < -0.3 is 15.1 Å². The predicted molar refractivity (Wildman–Crippen MR) is 92.0 cm³/mol. The van der Waals surface area contributed by atoms with Gasteiger partial charge in [0.2, 0.25) is 0 Å². The number of nitrogens with one attached hydrogen (secondary N) is 1. The molecule has 1 aromatic rings. The maximum atomic E-state index is 4.44. The molecular weight excluding hydrogens is 330 g/mol. The lowest BCUT2D eigenvalue weighted by Crippen LogP contribution is -2.36. The summed E-state index contributed by atoms with van der Waals surface area (Å²) >= 11 is 3.65. The van der Waals surface area contributed by atoms with E-state index in [4.69, 9.17) is 0 Å². The number of rotatable bonds is 6. The van der Waals surface area contributed by atoms with Gasteiger partial charge in [0.15, 0.2) is 0 Å². The van der Waals surface area contributed by atoms with Gasteiger partial charge >= 0.3 is 0 Å². The Morgan fingerprint density at radius 1 is 1.38 bits per heavy atom. The third kappa shape index (κ3) is 4.54. The molecule has 0 radical (unpaired) electrons. The third-order valence-electron chi connectivity index (χ3n) is 4.05. The summed E-state index contributed by atoms with van der Waals surface area (Å²) in [6.45, 7) is 6.53. The molecule has 0 bridgehead atoms. The van der Waals surface area contributed by atoms with Gasteiger partial charge in [-0.2, -0.15) is 0 Å². The predicted octanol–water partition coefficient (Wildman–Crippen LogP) is 2.84. The van der Waals surface area contributed by atoms with Gasteiger partial charge in [0, 0.05) is 20.1 Å². The minimum Gasteiger partial charge on any atom is -0.369 e. The van der Waals surface area contributed by atoms with E-state index < -0.39 is 0 Å². The van der Waals surface area contributed by atoms with Crippen molar-refractivity contribution >= 4 is 27.6 Å². The fraction of sp³-hybridized carbons (Fsp3) is 0.733. The van der Waals surface area contributed by atoms with E-state index in [0.29, 0.717) is 0 Å². The maximum Gasteiger partial charge on any atom is 0.148 e. The van der Waals surface area contributed by atoms with Crippen molar-refractivity contribution in [2.75, 3.05) is 50.5 Å². The molecule has 0 saturated carbocycles. The molecule has 1 fully saturated rings. The summed E-state index contributed by atoms with van der Waals surface area (Å²) in [4.78, 5) is 13.4. The number of hydrogen-bond donors (Lipinski definition) is 1. The zero-order valence-electron chi connectivity index (χ0n) is 13.3. The van der Waals surface area contributed by atoms with Gasteiger partial charge in [-0.3, -0.25) is 0 Å². The molecule has 21 heavy (non-hydrogen) atoms. The van der Waals surface area contributed by atoms with Gasteiger partial charge in [0.05, 0.1) is 0 Å². The van der Waals surface area contributed by atoms with Crippen molar-refractivity contribution in [1.29, 1.82) is 0 Å². The highest BCUT2D eigenvalue weighted by Crippen LogP contribution is 2.30. The highest BCUT2D eigenvalue weighted by molar-refractivity contribution is 9.10. The van der Waals surface area contributed by atoms with Crippen LogP contribution < -0.4 is 10.2 Å². The second-order valence-electron chi connectivity index (χ2n) is 5.91. The molecular formula is C15H26BrN5. The summed E-state index contributed by atoms with van der Waals surface area (Å²) in [5.41, 5.74) is 0. The van der Waals surface area contributed by atoms with Crippen LogP contribution in [0.1, 0.15) is 26.2 Å². The fourth-order valence-electron chi connectivity index (χ4n) is 2.71. The van der Waals surface area contributed by atoms with Crippen molar-refractivity contribution in [2.24, 2.45) is 5.92 Å². The summed E-state index contributed by atoms with van der Waals surface area (Å²) in [7, 11) is 4.32. The molecule has 1 N–H and O–H groups in total. The topological polar surface area (TPSA) is 44.3 Å². The minimum absolute atomic E-state index is 0.750. The molecule has 0 atom stereocenters. The van der Waals surface area contributed by atoms with Crippen LogP contribution in [0.5, 0.6) is 0 Å². The second kappa shape index (κ2) is 7.94. The normalized spacial score (nSPS) is 17.0. The standard InChI is InChI=1S/C15H26BrN5/c1-4-7-17-14-13(16)15(19-11-18-14)21(3)10-12-5-8-20(2)9-6-12/h11-12H,4-10H2,1-3H3,(H,17,18,19). The van der Waals surface area contributed by atoms with Crippen LogP contribution in [-0.2, 0) is 0 Å². The van der Waals surface area contributed by atoms with E-state index in [-0.39, 0.29) is 0 Å². The van der Waals surface area contributed by atoms with E-state index in [2.05, 4.69) is 62.0 Å². The number of nitrogens with zero attached hydrogens (tertiary/aromatic N) is 4. The van der Waals surface area contributed by atoms with E-state index in [0.717, 1.165) is 41.5 Å². The first-order chi connectivity index (χ1) is 10.1. The van der Waals surface area contributed by atoms with Gasteiger partial charge in [0.25, 0.3) is 0 Å². The van der Waals surface area contributed by atoms with Crippen LogP contribution in [0.25, 0.3) is 0 Å². The van der Waals surface area contributed by atoms with Gasteiger partial charge in [-0.1, -0.05) is 6.92 Å². The molecule has 2 heterocycles. The molecule has 5 nitrogen and oxygen atoms in total. The van der Waals surface area contributed by atoms with E-state index >= 15 is 0 Å². The quantitative estimate of drug-likeness (QED) is 0.849. The molecule has 0 aliphatic carbocycles. The Kier molecular flexibility index (Phi) is 6.23. The Labute approximate surface area is 136 Å². The van der Waals surface area contributed by atoms with Gasteiger partial charge in [-0.05, 0) is 61.2 Å². The second-order valence-corrected chi connectivity index (χ2v) is 6.71. The van der Waals surface area contributed by atoms with Crippen molar-refractivity contribution < 1.29 is 0 Å². The summed E-state index contributed by atoms with van der Waals surface area (Å²) in [5, 5.41) is 3.34. The number of likely N-dealkylation sites (tertiary alicyclic amines) is 1. The average molecular weight is 356 g/mol. The molecule has 1 aliphatic heterocycles. The largest absolute Gasteiger partial charge is 0.369 e. The lowest BCUT2D eigenvalue weighted by Gasteiger charge is -2.32. The van der Waals surface area contributed by atoms with Crippen LogP contribution in [0.3, 0.4) is 0 Å². The van der Waals surface area contributed by atoms with Crippen LogP contribution in [-0.4, -0.2) is 55.1 Å². The number of piperidine rings is 1. The Hall–Kier alpha value is -0.880. The van der Waals surface area contributed by atoms with Crippen LogP contribution in [0, 0.1) is 5.92 Å². The van der Waals surface area contributed by atoms with Crippen LogP contribution >= 0.6 is 15.9 Å². The highest BCUT2D eigenvalue weighted by atomic mass is 79.9. The molecule has 118 valence electrons. The first-order valence-corrected chi connectivity index (χ1v) is 8.55. The Bertz CT molecular complexity index is 446. The Balaban J connectivity index is 1.99. The Morgan fingerprint density at radius 2 is 2.10 bits per heavy atom. The maximum absolute atomic E-state index is 4.44. The third-order valence-corrected chi connectivity index (χ3v) is 4.78. The molecule has 0 unspecified atom stereocenters. The van der Waals surface area contributed by atoms with Gasteiger partial charge in [-0.15, -0.1) is 0 Å². The monoisotopic (exact) mass is 355 g/mol. The molecule has 1 aliphatic rings. The minimum atomic E-state index is 0.750. The molecule has 2 rings (SSSR count). The van der Waals surface area contributed by atoms with Crippen molar-refractivity contribution in [1.82, 2.24) is 14.9 Å². The summed E-state index contributed by atoms with van der Waals surface area (Å²) in [6, 6.07) is 0. The fourth-order valence-corrected chi connectivity index (χ4v) is 3.36.